The number of ether oxygens (including phenoxy) is 3. The van der Waals surface area contributed by atoms with Crippen LogP contribution in [0.1, 0.15) is 42.4 Å². The summed E-state index contributed by atoms with van der Waals surface area (Å²) in [7, 11) is 1.27. The molecule has 12 heteroatoms. The molecule has 4 rings (SSSR count). The zero-order chi connectivity index (χ0) is 30.4. The van der Waals surface area contributed by atoms with Crippen molar-refractivity contribution >= 4 is 18.2 Å². The Morgan fingerprint density at radius 1 is 1.14 bits per heavy atom. The van der Waals surface area contributed by atoms with Gasteiger partial charge in [0.1, 0.15) is 12.4 Å². The molecule has 0 aliphatic carbocycles. The number of aliphatic hydroxyl groups is 1. The van der Waals surface area contributed by atoms with Crippen molar-refractivity contribution in [1.82, 2.24) is 20.6 Å². The average Bonchev–Trinajstić information content (AvgIpc) is 3.24. The van der Waals surface area contributed by atoms with Gasteiger partial charge in [-0.05, 0) is 75.7 Å². The van der Waals surface area contributed by atoms with Crippen LogP contribution in [0.5, 0.6) is 11.5 Å². The molecule has 2 atom stereocenters. The van der Waals surface area contributed by atoms with Gasteiger partial charge in [0.25, 0.3) is 0 Å². The van der Waals surface area contributed by atoms with E-state index >= 15 is 0 Å². The van der Waals surface area contributed by atoms with Crippen LogP contribution in [0.3, 0.4) is 0 Å². The van der Waals surface area contributed by atoms with Gasteiger partial charge in [0.2, 0.25) is 0 Å². The van der Waals surface area contributed by atoms with Crippen LogP contribution in [0, 0.1) is 19.7 Å². The number of halogens is 1. The van der Waals surface area contributed by atoms with Crippen molar-refractivity contribution in [3.8, 4) is 17.2 Å². The number of aliphatic hydroxyl groups excluding tert-OH is 1. The number of hydrogen-bond donors (Lipinski definition) is 4. The summed E-state index contributed by atoms with van der Waals surface area (Å²) >= 11 is 0. The maximum atomic E-state index is 13.3. The molecule has 0 saturated carbocycles. The minimum Gasteiger partial charge on any atom is -0.490 e. The number of aromatic nitrogens is 1. The fourth-order valence-corrected chi connectivity index (χ4v) is 4.72. The summed E-state index contributed by atoms with van der Waals surface area (Å²) < 4.78 is 31.8. The third-order valence-corrected chi connectivity index (χ3v) is 6.65. The SMILES string of the molecule is CCOc1cc([C@H]2NC(=O)NC(C)=C2C(=O)OC)ccc1OC[C@H](O)N/N=C/c1cc(C)n(-c2ccc(F)cc2)c1C. The average molecular weight is 580 g/mol. The van der Waals surface area contributed by atoms with E-state index in [1.165, 1.54) is 19.2 Å². The number of nitrogens with one attached hydrogen (secondary N) is 3. The van der Waals surface area contributed by atoms with Gasteiger partial charge in [-0.25, -0.2) is 14.0 Å². The van der Waals surface area contributed by atoms with E-state index in [1.54, 1.807) is 43.5 Å². The first-order chi connectivity index (χ1) is 20.1. The zero-order valence-corrected chi connectivity index (χ0v) is 24.0. The molecule has 3 aromatic rings. The van der Waals surface area contributed by atoms with Crippen molar-refractivity contribution in [3.05, 3.63) is 88.1 Å². The molecule has 0 radical (unpaired) electrons. The van der Waals surface area contributed by atoms with Gasteiger partial charge in [-0.2, -0.15) is 5.10 Å². The number of amides is 2. The summed E-state index contributed by atoms with van der Waals surface area (Å²) in [5.41, 5.74) is 7.40. The highest BCUT2D eigenvalue weighted by molar-refractivity contribution is 5.95. The minimum absolute atomic E-state index is 0.151. The molecule has 0 unspecified atom stereocenters. The Hall–Kier alpha value is -4.84. The lowest BCUT2D eigenvalue weighted by atomic mass is 9.95. The zero-order valence-electron chi connectivity index (χ0n) is 24.0. The number of allylic oxidation sites excluding steroid dienone is 1. The molecular weight excluding hydrogens is 545 g/mol. The van der Waals surface area contributed by atoms with E-state index in [-0.39, 0.29) is 18.0 Å². The van der Waals surface area contributed by atoms with Crippen LogP contribution in [0.25, 0.3) is 5.69 Å². The van der Waals surface area contributed by atoms with Gasteiger partial charge >= 0.3 is 12.0 Å². The Kier molecular flexibility index (Phi) is 9.48. The predicted molar refractivity (Wildman–Crippen MR) is 154 cm³/mol. The van der Waals surface area contributed by atoms with Gasteiger partial charge in [-0.15, -0.1) is 0 Å². The van der Waals surface area contributed by atoms with E-state index in [0.717, 1.165) is 22.6 Å². The van der Waals surface area contributed by atoms with E-state index in [9.17, 15) is 19.1 Å². The Bertz CT molecular complexity index is 1520. The number of nitrogens with zero attached hydrogens (tertiary/aromatic N) is 2. The van der Waals surface area contributed by atoms with Crippen molar-refractivity contribution < 1.29 is 33.3 Å². The standard InChI is InChI=1S/C30H34FN5O6/c1-6-41-25-14-20(28-27(29(38)40-5)18(3)33-30(39)34-28)7-12-24(25)42-16-26(37)35-32-15-21-13-17(2)36(19(21)4)23-10-8-22(31)9-11-23/h7-15,26,28,35,37H,6,16H2,1-5H3,(H2,33,34,39)/b32-15+/t26-,28+/m0/s1. The van der Waals surface area contributed by atoms with E-state index in [2.05, 4.69) is 21.2 Å². The van der Waals surface area contributed by atoms with Crippen LogP contribution in [-0.4, -0.2) is 54.4 Å². The second-order valence-electron chi connectivity index (χ2n) is 9.55. The summed E-state index contributed by atoms with van der Waals surface area (Å²) in [6.07, 6.45) is 0.449. The second-order valence-corrected chi connectivity index (χ2v) is 9.55. The smallest absolute Gasteiger partial charge is 0.337 e. The Balaban J connectivity index is 1.43. The Morgan fingerprint density at radius 2 is 1.88 bits per heavy atom. The van der Waals surface area contributed by atoms with E-state index < -0.39 is 24.3 Å². The lowest BCUT2D eigenvalue weighted by Gasteiger charge is -2.28. The molecule has 1 aliphatic rings. The topological polar surface area (TPSA) is 135 Å². The molecule has 0 saturated heterocycles. The number of hydrazone groups is 1. The van der Waals surface area contributed by atoms with Gasteiger partial charge in [0.05, 0.1) is 31.5 Å². The summed E-state index contributed by atoms with van der Waals surface area (Å²) in [5.74, 6) is -0.152. The van der Waals surface area contributed by atoms with Gasteiger partial charge in [0, 0.05) is 28.3 Å². The molecular formula is C30H34FN5O6. The highest BCUT2D eigenvalue weighted by atomic mass is 19.1. The first kappa shape index (κ1) is 30.1. The van der Waals surface area contributed by atoms with Crippen LogP contribution in [-0.2, 0) is 9.53 Å². The fraction of sp³-hybridized carbons (Fsp3) is 0.300. The van der Waals surface area contributed by atoms with Crippen LogP contribution in [0.15, 0.2) is 64.9 Å². The second kappa shape index (κ2) is 13.2. The molecule has 2 aromatic carbocycles. The van der Waals surface area contributed by atoms with Gasteiger partial charge in [0.15, 0.2) is 17.7 Å². The third-order valence-electron chi connectivity index (χ3n) is 6.65. The van der Waals surface area contributed by atoms with Crippen molar-refractivity contribution in [2.24, 2.45) is 5.10 Å². The summed E-state index contributed by atoms with van der Waals surface area (Å²) in [6.45, 7) is 7.49. The number of benzene rings is 2. The highest BCUT2D eigenvalue weighted by Crippen LogP contribution is 2.35. The van der Waals surface area contributed by atoms with E-state index in [4.69, 9.17) is 14.2 Å². The summed E-state index contributed by atoms with van der Waals surface area (Å²) in [6, 6.07) is 12.0. The number of hydrogen-bond acceptors (Lipinski definition) is 8. The molecule has 0 fully saturated rings. The quantitative estimate of drug-likeness (QED) is 0.118. The Morgan fingerprint density at radius 3 is 2.57 bits per heavy atom. The number of methoxy groups -OCH3 is 1. The van der Waals surface area contributed by atoms with Gasteiger partial charge < -0.3 is 34.5 Å². The van der Waals surface area contributed by atoms with Gasteiger partial charge in [-0.1, -0.05) is 6.07 Å². The monoisotopic (exact) mass is 579 g/mol. The lowest BCUT2D eigenvalue weighted by molar-refractivity contribution is -0.136. The predicted octanol–water partition coefficient (Wildman–Crippen LogP) is 3.75. The van der Waals surface area contributed by atoms with Crippen molar-refractivity contribution in [1.29, 1.82) is 0 Å². The number of urea groups is 1. The molecule has 222 valence electrons. The van der Waals surface area contributed by atoms with Crippen LogP contribution < -0.4 is 25.5 Å². The number of rotatable bonds is 11. The number of carbonyl (C=O) groups excluding carboxylic acids is 2. The molecule has 0 spiro atoms. The maximum absolute atomic E-state index is 13.3. The maximum Gasteiger partial charge on any atom is 0.337 e. The lowest BCUT2D eigenvalue weighted by Crippen LogP contribution is -2.45. The number of aryl methyl sites for hydroxylation is 1. The fourth-order valence-electron chi connectivity index (χ4n) is 4.72. The van der Waals surface area contributed by atoms with Gasteiger partial charge in [-0.3, -0.25) is 5.43 Å². The number of esters is 1. The largest absolute Gasteiger partial charge is 0.490 e. The number of carbonyl (C=O) groups is 2. The van der Waals surface area contributed by atoms with Crippen molar-refractivity contribution in [2.75, 3.05) is 20.3 Å². The van der Waals surface area contributed by atoms with E-state index in [1.807, 2.05) is 31.4 Å². The molecule has 2 amide bonds. The molecule has 42 heavy (non-hydrogen) atoms. The van der Waals surface area contributed by atoms with Crippen LogP contribution in [0.2, 0.25) is 0 Å². The highest BCUT2D eigenvalue weighted by Gasteiger charge is 2.32. The Labute approximate surface area is 243 Å². The molecule has 11 nitrogen and oxygen atoms in total. The summed E-state index contributed by atoms with van der Waals surface area (Å²) in [5, 5.41) is 19.9. The molecule has 1 aliphatic heterocycles. The summed E-state index contributed by atoms with van der Waals surface area (Å²) in [4.78, 5) is 24.6. The first-order valence-corrected chi connectivity index (χ1v) is 13.3. The minimum atomic E-state index is -1.14. The molecule has 0 bridgehead atoms. The van der Waals surface area contributed by atoms with E-state index in [0.29, 0.717) is 29.4 Å². The molecule has 2 heterocycles. The normalized spacial score (nSPS) is 15.7. The molecule has 1 aromatic heterocycles. The van der Waals surface area contributed by atoms with Crippen molar-refractivity contribution in [2.45, 2.75) is 40.0 Å². The molecule has 4 N–H and O–H groups in total. The third kappa shape index (κ3) is 6.72. The first-order valence-electron chi connectivity index (χ1n) is 13.3. The van der Waals surface area contributed by atoms with Crippen LogP contribution >= 0.6 is 0 Å². The van der Waals surface area contributed by atoms with Crippen molar-refractivity contribution in [3.63, 3.8) is 0 Å². The van der Waals surface area contributed by atoms with Crippen LogP contribution in [0.4, 0.5) is 9.18 Å².